The Morgan fingerprint density at radius 3 is 2.43 bits per heavy atom. The highest BCUT2D eigenvalue weighted by Gasteiger charge is 2.27. The monoisotopic (exact) mass is 432 g/mol. The van der Waals surface area contributed by atoms with Crippen LogP contribution in [-0.4, -0.2) is 70.7 Å². The van der Waals surface area contributed by atoms with Crippen molar-refractivity contribution in [3.63, 3.8) is 0 Å². The molecule has 0 spiro atoms. The molecule has 0 aromatic heterocycles. The Morgan fingerprint density at radius 1 is 1.25 bits per heavy atom. The molecule has 1 heterocycles. The summed E-state index contributed by atoms with van der Waals surface area (Å²) >= 11 is 0. The first-order valence-electron chi connectivity index (χ1n) is 8.41. The van der Waals surface area contributed by atoms with Gasteiger partial charge in [-0.05, 0) is 25.0 Å². The summed E-state index contributed by atoms with van der Waals surface area (Å²) in [4.78, 5) is 13.8. The number of hydrogen-bond acceptors (Lipinski definition) is 7. The number of hydrogen-bond donors (Lipinski definition) is 3. The number of sulfonamides is 1. The predicted molar refractivity (Wildman–Crippen MR) is 102 cm³/mol. The SMILES string of the molecule is CS(=O)(=O)O.N#CC1CCCN1C(=O)CNCCNS(=O)(=O)c1ccccc1. The quantitative estimate of drug-likeness (QED) is 0.387. The standard InChI is InChI=1S/C15H20N4O3S.CH4O3S/c16-11-13-5-4-10-19(13)15(20)12-17-8-9-18-23(21,22)14-6-2-1-3-7-14;1-5(2,3)4/h1-3,6-7,13,17-18H,4-5,8-10,12H2;1H3,(H,2,3,4). The van der Waals surface area contributed by atoms with Crippen LogP contribution in [0.4, 0.5) is 0 Å². The number of carbonyl (C=O) groups excluding carboxylic acids is 1. The molecule has 1 atom stereocenters. The van der Waals surface area contributed by atoms with Gasteiger partial charge in [-0.2, -0.15) is 13.7 Å². The molecule has 0 bridgehead atoms. The average Bonchev–Trinajstić information content (AvgIpc) is 3.09. The van der Waals surface area contributed by atoms with Gasteiger partial charge in [0.15, 0.2) is 0 Å². The summed E-state index contributed by atoms with van der Waals surface area (Å²) in [7, 11) is -7.18. The normalized spacial score (nSPS) is 16.8. The Morgan fingerprint density at radius 2 is 1.86 bits per heavy atom. The molecule has 1 aliphatic heterocycles. The number of benzene rings is 1. The number of nitrogens with one attached hydrogen (secondary N) is 2. The molecule has 12 heteroatoms. The van der Waals surface area contributed by atoms with Crippen molar-refractivity contribution in [3.05, 3.63) is 30.3 Å². The van der Waals surface area contributed by atoms with E-state index in [1.54, 1.807) is 23.1 Å². The number of nitriles is 1. The van der Waals surface area contributed by atoms with E-state index in [0.717, 1.165) is 12.8 Å². The Bertz CT molecular complexity index is 873. The van der Waals surface area contributed by atoms with Gasteiger partial charge in [0.2, 0.25) is 15.9 Å². The molecule has 2 rings (SSSR count). The molecule has 1 aliphatic rings. The summed E-state index contributed by atoms with van der Waals surface area (Å²) in [5, 5.41) is 11.9. The van der Waals surface area contributed by atoms with Gasteiger partial charge < -0.3 is 10.2 Å². The molecule has 156 valence electrons. The fourth-order valence-corrected chi connectivity index (χ4v) is 3.51. The van der Waals surface area contributed by atoms with Crippen molar-refractivity contribution in [2.24, 2.45) is 0 Å². The van der Waals surface area contributed by atoms with Crippen LogP contribution in [0.3, 0.4) is 0 Å². The van der Waals surface area contributed by atoms with Gasteiger partial charge in [-0.15, -0.1) is 0 Å². The highest BCUT2D eigenvalue weighted by molar-refractivity contribution is 7.89. The second-order valence-corrected chi connectivity index (χ2v) is 9.23. The molecule has 28 heavy (non-hydrogen) atoms. The second-order valence-electron chi connectivity index (χ2n) is 5.99. The lowest BCUT2D eigenvalue weighted by molar-refractivity contribution is -0.130. The smallest absolute Gasteiger partial charge is 0.261 e. The van der Waals surface area contributed by atoms with Crippen molar-refractivity contribution in [3.8, 4) is 6.07 Å². The van der Waals surface area contributed by atoms with Crippen molar-refractivity contribution in [2.45, 2.75) is 23.8 Å². The molecule has 1 amide bonds. The van der Waals surface area contributed by atoms with Gasteiger partial charge in [-0.25, -0.2) is 13.1 Å². The van der Waals surface area contributed by atoms with E-state index in [1.807, 2.05) is 0 Å². The maximum Gasteiger partial charge on any atom is 0.261 e. The van der Waals surface area contributed by atoms with Crippen LogP contribution in [0.5, 0.6) is 0 Å². The van der Waals surface area contributed by atoms with E-state index in [4.69, 9.17) is 9.81 Å². The lowest BCUT2D eigenvalue weighted by Crippen LogP contribution is -2.42. The number of carbonyl (C=O) groups is 1. The van der Waals surface area contributed by atoms with Crippen LogP contribution in [0, 0.1) is 11.3 Å². The molecule has 1 unspecified atom stereocenters. The van der Waals surface area contributed by atoms with E-state index in [0.29, 0.717) is 19.3 Å². The minimum atomic E-state index is -3.67. The zero-order chi connectivity index (χ0) is 21.2. The molecule has 1 aromatic carbocycles. The summed E-state index contributed by atoms with van der Waals surface area (Å²) in [6, 6.07) is 9.90. The molecular weight excluding hydrogens is 408 g/mol. The second kappa shape index (κ2) is 11.1. The fourth-order valence-electron chi connectivity index (χ4n) is 2.45. The maximum atomic E-state index is 12.0. The molecule has 0 radical (unpaired) electrons. The molecule has 3 N–H and O–H groups in total. The third-order valence-electron chi connectivity index (χ3n) is 3.65. The summed E-state index contributed by atoms with van der Waals surface area (Å²) in [5.41, 5.74) is 0. The summed E-state index contributed by atoms with van der Waals surface area (Å²) in [6.45, 7) is 1.24. The molecular formula is C16H24N4O6S2. The Balaban J connectivity index is 0.000000696. The first-order chi connectivity index (χ1) is 13.0. The minimum Gasteiger partial charge on any atom is -0.326 e. The topological polar surface area (TPSA) is 157 Å². The largest absolute Gasteiger partial charge is 0.326 e. The third kappa shape index (κ3) is 9.25. The zero-order valence-electron chi connectivity index (χ0n) is 15.4. The van der Waals surface area contributed by atoms with Crippen molar-refractivity contribution >= 4 is 26.0 Å². The highest BCUT2D eigenvalue weighted by atomic mass is 32.2. The lowest BCUT2D eigenvalue weighted by atomic mass is 10.2. The number of rotatable bonds is 7. The van der Waals surface area contributed by atoms with E-state index in [-0.39, 0.29) is 29.9 Å². The van der Waals surface area contributed by atoms with Crippen LogP contribution >= 0.6 is 0 Å². The van der Waals surface area contributed by atoms with Gasteiger partial charge in [0.05, 0.1) is 23.8 Å². The van der Waals surface area contributed by atoms with Crippen molar-refractivity contribution in [1.29, 1.82) is 5.26 Å². The Labute approximate surface area is 165 Å². The van der Waals surface area contributed by atoms with Crippen molar-refractivity contribution < 1.29 is 26.2 Å². The van der Waals surface area contributed by atoms with Gasteiger partial charge >= 0.3 is 0 Å². The van der Waals surface area contributed by atoms with Crippen LogP contribution in [-0.2, 0) is 24.9 Å². The minimum absolute atomic E-state index is 0.102. The molecule has 10 nitrogen and oxygen atoms in total. The van der Waals surface area contributed by atoms with Crippen LogP contribution in [0.25, 0.3) is 0 Å². The van der Waals surface area contributed by atoms with Gasteiger partial charge in [0, 0.05) is 19.6 Å². The van der Waals surface area contributed by atoms with Gasteiger partial charge in [-0.1, -0.05) is 18.2 Å². The van der Waals surface area contributed by atoms with E-state index in [2.05, 4.69) is 16.1 Å². The summed E-state index contributed by atoms with van der Waals surface area (Å²) < 4.78 is 52.3. The predicted octanol–water partition coefficient (Wildman–Crippen LogP) is -0.427. The summed E-state index contributed by atoms with van der Waals surface area (Å²) in [5.74, 6) is -0.125. The molecule has 1 saturated heterocycles. The lowest BCUT2D eigenvalue weighted by Gasteiger charge is -2.19. The number of likely N-dealkylation sites (tertiary alicyclic amines) is 1. The maximum absolute atomic E-state index is 12.0. The van der Waals surface area contributed by atoms with Gasteiger partial charge in [-0.3, -0.25) is 9.35 Å². The summed E-state index contributed by atoms with van der Waals surface area (Å²) in [6.07, 6.45) is 2.28. The fraction of sp³-hybridized carbons (Fsp3) is 0.500. The number of nitrogens with zero attached hydrogens (tertiary/aromatic N) is 2. The van der Waals surface area contributed by atoms with Gasteiger partial charge in [0.1, 0.15) is 6.04 Å². The van der Waals surface area contributed by atoms with E-state index < -0.39 is 20.1 Å². The van der Waals surface area contributed by atoms with Crippen molar-refractivity contribution in [1.82, 2.24) is 14.9 Å². The van der Waals surface area contributed by atoms with Crippen LogP contribution in [0.15, 0.2) is 35.2 Å². The third-order valence-corrected chi connectivity index (χ3v) is 5.12. The zero-order valence-corrected chi connectivity index (χ0v) is 17.0. The van der Waals surface area contributed by atoms with Gasteiger partial charge in [0.25, 0.3) is 10.1 Å². The molecule has 1 aromatic rings. The highest BCUT2D eigenvalue weighted by Crippen LogP contribution is 2.15. The van der Waals surface area contributed by atoms with Crippen LogP contribution < -0.4 is 10.0 Å². The van der Waals surface area contributed by atoms with E-state index in [9.17, 15) is 21.6 Å². The average molecular weight is 433 g/mol. The first kappa shape index (κ1) is 24.0. The van der Waals surface area contributed by atoms with Crippen LogP contribution in [0.2, 0.25) is 0 Å². The Hall–Kier alpha value is -2.04. The molecule has 0 saturated carbocycles. The van der Waals surface area contributed by atoms with E-state index in [1.165, 1.54) is 12.1 Å². The molecule has 1 fully saturated rings. The number of amides is 1. The van der Waals surface area contributed by atoms with E-state index >= 15 is 0 Å². The first-order valence-corrected chi connectivity index (χ1v) is 11.7. The van der Waals surface area contributed by atoms with Crippen molar-refractivity contribution in [2.75, 3.05) is 32.4 Å². The van der Waals surface area contributed by atoms with Crippen LogP contribution in [0.1, 0.15) is 12.8 Å². The molecule has 0 aliphatic carbocycles. The Kier molecular flexibility index (Phi) is 9.50.